The Morgan fingerprint density at radius 2 is 2.13 bits per heavy atom. The molecule has 2 aromatic heterocycles. The minimum Gasteiger partial charge on any atom is -0.387 e. The van der Waals surface area contributed by atoms with E-state index in [9.17, 15) is 10.2 Å². The molecule has 1 fully saturated rings. The van der Waals surface area contributed by atoms with E-state index in [1.807, 2.05) is 0 Å². The third kappa shape index (κ3) is 3.16. The van der Waals surface area contributed by atoms with Crippen molar-refractivity contribution < 1.29 is 14.9 Å². The molecule has 0 aliphatic carbocycles. The van der Waals surface area contributed by atoms with E-state index in [-0.39, 0.29) is 0 Å². The lowest BCUT2D eigenvalue weighted by Gasteiger charge is -2.17. The van der Waals surface area contributed by atoms with E-state index in [2.05, 4.69) is 23.8 Å². The largest absolute Gasteiger partial charge is 0.387 e. The molecule has 126 valence electrons. The van der Waals surface area contributed by atoms with Crippen LogP contribution in [0.2, 0.25) is 0 Å². The SMILES string of the molecule is CC(C)CSC[C@@H]1O[C@H](n2cnc3c(N)nccc32)[C@H](O)[C@@H]1O. The van der Waals surface area contributed by atoms with Gasteiger partial charge in [-0.1, -0.05) is 13.8 Å². The number of pyridine rings is 1. The Morgan fingerprint density at radius 3 is 2.87 bits per heavy atom. The molecule has 1 aliphatic heterocycles. The Bertz CT molecular complexity index is 678. The van der Waals surface area contributed by atoms with Gasteiger partial charge in [-0.25, -0.2) is 9.97 Å². The molecule has 1 aliphatic rings. The van der Waals surface area contributed by atoms with Gasteiger partial charge in [0.05, 0.1) is 17.9 Å². The number of aliphatic hydroxyl groups excluding tert-OH is 2. The molecule has 0 spiro atoms. The van der Waals surface area contributed by atoms with Gasteiger partial charge in [0.2, 0.25) is 0 Å². The maximum Gasteiger partial charge on any atom is 0.164 e. The van der Waals surface area contributed by atoms with E-state index in [0.717, 1.165) is 11.3 Å². The summed E-state index contributed by atoms with van der Waals surface area (Å²) in [5.74, 6) is 2.54. The van der Waals surface area contributed by atoms with Gasteiger partial charge in [0.1, 0.15) is 17.7 Å². The van der Waals surface area contributed by atoms with Gasteiger partial charge in [-0.3, -0.25) is 0 Å². The number of aliphatic hydroxyl groups is 2. The van der Waals surface area contributed by atoms with Crippen LogP contribution in [0.3, 0.4) is 0 Å². The van der Waals surface area contributed by atoms with E-state index in [0.29, 0.717) is 23.0 Å². The summed E-state index contributed by atoms with van der Waals surface area (Å²) in [6.07, 6.45) is 0.135. The van der Waals surface area contributed by atoms with Crippen molar-refractivity contribution in [2.45, 2.75) is 38.4 Å². The number of aromatic nitrogens is 3. The minimum absolute atomic E-state index is 0.332. The summed E-state index contributed by atoms with van der Waals surface area (Å²) in [4.78, 5) is 8.23. The highest BCUT2D eigenvalue weighted by Crippen LogP contribution is 2.33. The van der Waals surface area contributed by atoms with Crippen molar-refractivity contribution >= 4 is 28.6 Å². The number of imidazole rings is 1. The Labute approximate surface area is 138 Å². The summed E-state index contributed by atoms with van der Waals surface area (Å²) in [5, 5.41) is 20.6. The molecule has 0 saturated carbocycles. The zero-order valence-electron chi connectivity index (χ0n) is 13.2. The molecule has 23 heavy (non-hydrogen) atoms. The smallest absolute Gasteiger partial charge is 0.164 e. The number of anilines is 1. The average molecular weight is 338 g/mol. The third-order valence-electron chi connectivity index (χ3n) is 3.87. The van der Waals surface area contributed by atoms with Crippen LogP contribution in [-0.4, -0.2) is 54.6 Å². The summed E-state index contributed by atoms with van der Waals surface area (Å²) < 4.78 is 7.60. The quantitative estimate of drug-likeness (QED) is 0.747. The van der Waals surface area contributed by atoms with Crippen molar-refractivity contribution in [1.29, 1.82) is 0 Å². The Balaban J connectivity index is 1.78. The lowest BCUT2D eigenvalue weighted by atomic mass is 10.1. The molecule has 3 rings (SSSR count). The topological polar surface area (TPSA) is 106 Å². The number of hydrogen-bond acceptors (Lipinski definition) is 7. The second-order valence-corrected chi connectivity index (χ2v) is 7.27. The predicted molar refractivity (Wildman–Crippen MR) is 90.0 cm³/mol. The molecule has 0 bridgehead atoms. The van der Waals surface area contributed by atoms with Crippen LogP contribution in [0.25, 0.3) is 11.0 Å². The first-order chi connectivity index (χ1) is 11.0. The second-order valence-electron chi connectivity index (χ2n) is 6.19. The lowest BCUT2D eigenvalue weighted by Crippen LogP contribution is -2.32. The number of rotatable bonds is 5. The van der Waals surface area contributed by atoms with Crippen LogP contribution >= 0.6 is 11.8 Å². The van der Waals surface area contributed by atoms with Gasteiger partial charge < -0.3 is 25.3 Å². The molecule has 3 heterocycles. The number of ether oxygens (including phenoxy) is 1. The fraction of sp³-hybridized carbons (Fsp3) is 0.600. The Kier molecular flexibility index (Phi) is 4.77. The maximum atomic E-state index is 10.4. The van der Waals surface area contributed by atoms with Gasteiger partial charge in [0, 0.05) is 11.9 Å². The molecular weight excluding hydrogens is 316 g/mol. The van der Waals surface area contributed by atoms with Gasteiger partial charge in [0.25, 0.3) is 0 Å². The molecular formula is C15H22N4O3S. The van der Waals surface area contributed by atoms with Crippen LogP contribution in [0.4, 0.5) is 5.82 Å². The number of fused-ring (bicyclic) bond motifs is 1. The predicted octanol–water partition coefficient (Wildman–Crippen LogP) is 1.02. The van der Waals surface area contributed by atoms with E-state index in [1.54, 1.807) is 34.9 Å². The van der Waals surface area contributed by atoms with Gasteiger partial charge in [0.15, 0.2) is 12.0 Å². The average Bonchev–Trinajstić information content (AvgIpc) is 3.04. The molecule has 4 N–H and O–H groups in total. The zero-order valence-corrected chi connectivity index (χ0v) is 14.0. The molecule has 4 atom stereocenters. The highest BCUT2D eigenvalue weighted by atomic mass is 32.2. The molecule has 8 heteroatoms. The van der Waals surface area contributed by atoms with Crippen molar-refractivity contribution in [3.05, 3.63) is 18.6 Å². The van der Waals surface area contributed by atoms with Crippen molar-refractivity contribution in [1.82, 2.24) is 14.5 Å². The van der Waals surface area contributed by atoms with Crippen LogP contribution in [0, 0.1) is 5.92 Å². The van der Waals surface area contributed by atoms with E-state index in [4.69, 9.17) is 10.5 Å². The van der Waals surface area contributed by atoms with Crippen LogP contribution in [0.15, 0.2) is 18.6 Å². The van der Waals surface area contributed by atoms with Crippen LogP contribution in [0.5, 0.6) is 0 Å². The standard InChI is InChI=1S/C15H22N4O3S/c1-8(2)5-23-6-10-12(20)13(21)15(22-10)19-7-18-11-9(19)3-4-17-14(11)16/h3-4,7-8,10,12-13,15,20-21H,5-6H2,1-2H3,(H2,16,17)/t10-,12+,13+,15-/m0/s1. The van der Waals surface area contributed by atoms with Crippen LogP contribution < -0.4 is 5.73 Å². The molecule has 0 radical (unpaired) electrons. The number of nitrogens with two attached hydrogens (primary N) is 1. The van der Waals surface area contributed by atoms with Crippen molar-refractivity contribution in [2.75, 3.05) is 17.2 Å². The van der Waals surface area contributed by atoms with Gasteiger partial charge >= 0.3 is 0 Å². The summed E-state index contributed by atoms with van der Waals surface area (Å²) in [6, 6.07) is 1.77. The summed E-state index contributed by atoms with van der Waals surface area (Å²) in [7, 11) is 0. The summed E-state index contributed by atoms with van der Waals surface area (Å²) >= 11 is 1.72. The molecule has 0 aromatic carbocycles. The molecule has 2 aromatic rings. The summed E-state index contributed by atoms with van der Waals surface area (Å²) in [6.45, 7) is 4.29. The first kappa shape index (κ1) is 16.5. The number of nitrogens with zero attached hydrogens (tertiary/aromatic N) is 3. The number of nitrogen functional groups attached to an aromatic ring is 1. The monoisotopic (exact) mass is 338 g/mol. The first-order valence-corrected chi connectivity index (χ1v) is 8.81. The van der Waals surface area contributed by atoms with Gasteiger partial charge in [-0.15, -0.1) is 0 Å². The Morgan fingerprint density at radius 1 is 1.35 bits per heavy atom. The van der Waals surface area contributed by atoms with E-state index >= 15 is 0 Å². The van der Waals surface area contributed by atoms with Gasteiger partial charge in [-0.2, -0.15) is 11.8 Å². The molecule has 0 unspecified atom stereocenters. The molecule has 7 nitrogen and oxygen atoms in total. The van der Waals surface area contributed by atoms with Crippen LogP contribution in [0.1, 0.15) is 20.1 Å². The van der Waals surface area contributed by atoms with Crippen molar-refractivity contribution in [3.63, 3.8) is 0 Å². The highest BCUT2D eigenvalue weighted by Gasteiger charge is 2.43. The second kappa shape index (κ2) is 6.64. The first-order valence-electron chi connectivity index (χ1n) is 7.65. The van der Waals surface area contributed by atoms with Crippen molar-refractivity contribution in [2.24, 2.45) is 5.92 Å². The van der Waals surface area contributed by atoms with E-state index in [1.165, 1.54) is 0 Å². The highest BCUT2D eigenvalue weighted by molar-refractivity contribution is 7.99. The zero-order chi connectivity index (χ0) is 16.6. The van der Waals surface area contributed by atoms with E-state index < -0.39 is 24.5 Å². The van der Waals surface area contributed by atoms with Crippen molar-refractivity contribution in [3.8, 4) is 0 Å². The normalized spacial score (nSPS) is 28.0. The van der Waals surface area contributed by atoms with Gasteiger partial charge in [-0.05, 0) is 17.7 Å². The third-order valence-corrected chi connectivity index (χ3v) is 5.33. The maximum absolute atomic E-state index is 10.4. The lowest BCUT2D eigenvalue weighted by molar-refractivity contribution is -0.0285. The van der Waals surface area contributed by atoms with Crippen LogP contribution in [-0.2, 0) is 4.74 Å². The molecule has 1 saturated heterocycles. The fourth-order valence-electron chi connectivity index (χ4n) is 2.70. The molecule has 0 amide bonds. The summed E-state index contributed by atoms with van der Waals surface area (Å²) in [5.41, 5.74) is 7.10. The number of thioether (sulfide) groups is 1. The fourth-order valence-corrected chi connectivity index (χ4v) is 3.82. The minimum atomic E-state index is -1.01. The Hall–Kier alpha value is -1.35. The number of hydrogen-bond donors (Lipinski definition) is 3.